The van der Waals surface area contributed by atoms with Crippen LogP contribution in [0.5, 0.6) is 11.5 Å². The molecule has 0 saturated carbocycles. The average molecular weight is 390 g/mol. The van der Waals surface area contributed by atoms with Crippen LogP contribution in [0.4, 0.5) is 0 Å². The molecule has 126 valence electrons. The summed E-state index contributed by atoms with van der Waals surface area (Å²) in [6, 6.07) is 12.0. The van der Waals surface area contributed by atoms with Gasteiger partial charge in [0.15, 0.2) is 11.5 Å². The number of carbonyl (C=O) groups excluding carboxylic acids is 1. The first-order valence-electron chi connectivity index (χ1n) is 7.90. The Morgan fingerprint density at radius 3 is 2.67 bits per heavy atom. The topological polar surface area (TPSA) is 38.8 Å². The van der Waals surface area contributed by atoms with Crippen LogP contribution >= 0.6 is 15.9 Å². The lowest BCUT2D eigenvalue weighted by molar-refractivity contribution is -0.129. The van der Waals surface area contributed by atoms with E-state index in [0.717, 1.165) is 34.3 Å². The Kier molecular flexibility index (Phi) is 5.09. The van der Waals surface area contributed by atoms with Gasteiger partial charge in [-0.2, -0.15) is 0 Å². The highest BCUT2D eigenvalue weighted by Crippen LogP contribution is 2.41. The van der Waals surface area contributed by atoms with Crippen molar-refractivity contribution in [3.63, 3.8) is 0 Å². The molecule has 0 unspecified atom stereocenters. The Balaban J connectivity index is 1.96. The first-order chi connectivity index (χ1) is 11.6. The van der Waals surface area contributed by atoms with Crippen molar-refractivity contribution in [1.82, 2.24) is 4.90 Å². The largest absolute Gasteiger partial charge is 0.493 e. The lowest BCUT2D eigenvalue weighted by Gasteiger charge is -2.30. The van der Waals surface area contributed by atoms with Crippen LogP contribution in [0.25, 0.3) is 0 Å². The van der Waals surface area contributed by atoms with Gasteiger partial charge in [-0.3, -0.25) is 4.79 Å². The molecule has 0 saturated heterocycles. The molecule has 0 aliphatic carbocycles. The second kappa shape index (κ2) is 7.26. The third kappa shape index (κ3) is 3.41. The van der Waals surface area contributed by atoms with Crippen LogP contribution in [0.1, 0.15) is 23.6 Å². The van der Waals surface area contributed by atoms with Gasteiger partial charge in [0.2, 0.25) is 5.91 Å². The van der Waals surface area contributed by atoms with Crippen molar-refractivity contribution in [3.8, 4) is 11.5 Å². The lowest BCUT2D eigenvalue weighted by Crippen LogP contribution is -2.34. The van der Waals surface area contributed by atoms with E-state index in [9.17, 15) is 4.79 Å². The molecule has 1 amide bonds. The van der Waals surface area contributed by atoms with Crippen molar-refractivity contribution in [2.45, 2.75) is 26.5 Å². The zero-order chi connectivity index (χ0) is 17.1. The van der Waals surface area contributed by atoms with Crippen molar-refractivity contribution in [2.75, 3.05) is 13.7 Å². The van der Waals surface area contributed by atoms with Gasteiger partial charge in [-0.15, -0.1) is 0 Å². The van der Waals surface area contributed by atoms with Crippen molar-refractivity contribution < 1.29 is 14.3 Å². The number of halogens is 1. The molecule has 1 aliphatic rings. The molecule has 0 spiro atoms. The standard InChI is InChI=1S/C19H20BrNO3/c1-13(22)21-9-8-15-16(11-21)19(18(23-2)10-17(15)20)24-12-14-6-4-3-5-7-14/h3-7,10H,8-9,11-12H2,1-2H3. The first kappa shape index (κ1) is 16.8. The molecule has 0 aromatic heterocycles. The van der Waals surface area contributed by atoms with Gasteiger partial charge in [0.05, 0.1) is 7.11 Å². The minimum Gasteiger partial charge on any atom is -0.493 e. The monoisotopic (exact) mass is 389 g/mol. The minimum atomic E-state index is 0.0774. The zero-order valence-electron chi connectivity index (χ0n) is 13.8. The van der Waals surface area contributed by atoms with Crippen molar-refractivity contribution >= 4 is 21.8 Å². The highest BCUT2D eigenvalue weighted by Gasteiger charge is 2.26. The molecule has 0 atom stereocenters. The van der Waals surface area contributed by atoms with E-state index in [1.807, 2.05) is 41.3 Å². The van der Waals surface area contributed by atoms with E-state index in [0.29, 0.717) is 18.9 Å². The van der Waals surface area contributed by atoms with Crippen LogP contribution in [0.2, 0.25) is 0 Å². The summed E-state index contributed by atoms with van der Waals surface area (Å²) in [5.41, 5.74) is 3.31. The second-order valence-electron chi connectivity index (χ2n) is 5.81. The Hall–Kier alpha value is -2.01. The number of nitrogens with zero attached hydrogens (tertiary/aromatic N) is 1. The Morgan fingerprint density at radius 2 is 2.00 bits per heavy atom. The van der Waals surface area contributed by atoms with Crippen LogP contribution in [0.3, 0.4) is 0 Å². The van der Waals surface area contributed by atoms with Gasteiger partial charge in [0.25, 0.3) is 0 Å². The lowest BCUT2D eigenvalue weighted by atomic mass is 9.98. The second-order valence-corrected chi connectivity index (χ2v) is 6.67. The van der Waals surface area contributed by atoms with Gasteiger partial charge in [-0.25, -0.2) is 0 Å². The van der Waals surface area contributed by atoms with Gasteiger partial charge in [-0.05, 0) is 23.6 Å². The molecule has 0 bridgehead atoms. The van der Waals surface area contributed by atoms with E-state index >= 15 is 0 Å². The quantitative estimate of drug-likeness (QED) is 0.794. The van der Waals surface area contributed by atoms with Gasteiger partial charge in [0.1, 0.15) is 6.61 Å². The smallest absolute Gasteiger partial charge is 0.219 e. The number of methoxy groups -OCH3 is 1. The third-order valence-electron chi connectivity index (χ3n) is 4.28. The van der Waals surface area contributed by atoms with Crippen LogP contribution < -0.4 is 9.47 Å². The zero-order valence-corrected chi connectivity index (χ0v) is 15.4. The number of amides is 1. The fourth-order valence-electron chi connectivity index (χ4n) is 2.96. The molecular weight excluding hydrogens is 370 g/mol. The molecule has 2 aromatic carbocycles. The fourth-order valence-corrected chi connectivity index (χ4v) is 3.61. The normalized spacial score (nSPS) is 13.4. The van der Waals surface area contributed by atoms with E-state index in [1.165, 1.54) is 5.56 Å². The average Bonchev–Trinajstić information content (AvgIpc) is 2.61. The number of fused-ring (bicyclic) bond motifs is 1. The predicted octanol–water partition coefficient (Wildman–Crippen LogP) is 3.94. The number of carbonyl (C=O) groups is 1. The van der Waals surface area contributed by atoms with Crippen LogP contribution in [-0.2, 0) is 24.4 Å². The predicted molar refractivity (Wildman–Crippen MR) is 96.3 cm³/mol. The number of ether oxygens (including phenoxy) is 2. The van der Waals surface area contributed by atoms with E-state index in [4.69, 9.17) is 9.47 Å². The van der Waals surface area contributed by atoms with E-state index < -0.39 is 0 Å². The summed E-state index contributed by atoms with van der Waals surface area (Å²) in [5, 5.41) is 0. The summed E-state index contributed by atoms with van der Waals surface area (Å²) in [4.78, 5) is 13.6. The molecule has 0 fully saturated rings. The molecule has 24 heavy (non-hydrogen) atoms. The highest BCUT2D eigenvalue weighted by atomic mass is 79.9. The first-order valence-corrected chi connectivity index (χ1v) is 8.70. The molecule has 3 rings (SSSR count). The number of hydrogen-bond donors (Lipinski definition) is 0. The summed E-state index contributed by atoms with van der Waals surface area (Å²) < 4.78 is 12.6. The Morgan fingerprint density at radius 1 is 1.25 bits per heavy atom. The number of benzene rings is 2. The number of rotatable bonds is 4. The molecule has 1 heterocycles. The summed E-state index contributed by atoms with van der Waals surface area (Å²) >= 11 is 3.62. The maximum absolute atomic E-state index is 11.8. The van der Waals surface area contributed by atoms with E-state index in [2.05, 4.69) is 15.9 Å². The Labute approximate surface area is 150 Å². The summed E-state index contributed by atoms with van der Waals surface area (Å²) in [5.74, 6) is 1.49. The molecule has 2 aromatic rings. The van der Waals surface area contributed by atoms with Crippen molar-refractivity contribution in [1.29, 1.82) is 0 Å². The number of hydrogen-bond acceptors (Lipinski definition) is 3. The fraction of sp³-hybridized carbons (Fsp3) is 0.316. The maximum Gasteiger partial charge on any atom is 0.219 e. The van der Waals surface area contributed by atoms with Crippen LogP contribution in [-0.4, -0.2) is 24.5 Å². The highest BCUT2D eigenvalue weighted by molar-refractivity contribution is 9.10. The molecule has 1 aliphatic heterocycles. The summed E-state index contributed by atoms with van der Waals surface area (Å²) in [6.45, 7) is 3.34. The van der Waals surface area contributed by atoms with E-state index in [1.54, 1.807) is 14.0 Å². The van der Waals surface area contributed by atoms with Crippen molar-refractivity contribution in [3.05, 3.63) is 57.6 Å². The molecular formula is C19H20BrNO3. The minimum absolute atomic E-state index is 0.0774. The summed E-state index contributed by atoms with van der Waals surface area (Å²) in [7, 11) is 1.63. The third-order valence-corrected chi connectivity index (χ3v) is 4.99. The SMILES string of the molecule is COc1cc(Br)c2c(c1OCc1ccccc1)CN(C(C)=O)CC2. The Bertz CT molecular complexity index is 746. The molecule has 4 nitrogen and oxygen atoms in total. The molecule has 0 radical (unpaired) electrons. The molecule has 5 heteroatoms. The van der Waals surface area contributed by atoms with Gasteiger partial charge < -0.3 is 14.4 Å². The van der Waals surface area contributed by atoms with E-state index in [-0.39, 0.29) is 5.91 Å². The molecule has 0 N–H and O–H groups in total. The summed E-state index contributed by atoms with van der Waals surface area (Å²) in [6.07, 6.45) is 0.807. The van der Waals surface area contributed by atoms with Crippen LogP contribution in [0, 0.1) is 0 Å². The maximum atomic E-state index is 11.8. The van der Waals surface area contributed by atoms with Crippen LogP contribution in [0.15, 0.2) is 40.9 Å². The van der Waals surface area contributed by atoms with Gasteiger partial charge in [-0.1, -0.05) is 46.3 Å². The van der Waals surface area contributed by atoms with Crippen molar-refractivity contribution in [2.24, 2.45) is 0 Å². The van der Waals surface area contributed by atoms with Gasteiger partial charge >= 0.3 is 0 Å². The van der Waals surface area contributed by atoms with Gasteiger partial charge in [0, 0.05) is 30.0 Å².